The number of carbonyl (C=O) groups excluding carboxylic acids is 3. The Hall–Kier alpha value is -3.88. The molecule has 0 unspecified atom stereocenters. The molecule has 0 aliphatic carbocycles. The maximum atomic E-state index is 12.3. The summed E-state index contributed by atoms with van der Waals surface area (Å²) >= 11 is 11.9. The third kappa shape index (κ3) is 6.55. The molecule has 0 spiro atoms. The van der Waals surface area contributed by atoms with E-state index in [4.69, 9.17) is 32.7 Å². The Morgan fingerprint density at radius 2 is 1.64 bits per heavy atom. The summed E-state index contributed by atoms with van der Waals surface area (Å²) in [6.07, 6.45) is 1.29. The van der Waals surface area contributed by atoms with Gasteiger partial charge in [-0.25, -0.2) is 10.2 Å². The molecule has 0 saturated heterocycles. The average molecular weight is 486 g/mol. The largest absolute Gasteiger partial charge is 0.497 e. The standard InChI is InChI=1S/C23H17Cl2N3O5/c1-32-16-7-3-6-15(12-16)23(31)33-17-8-2-5-14(11-17)13-26-28-22(30)21(29)27-19-10-4-9-18(24)20(19)25/h2-13H,1H3,(H,27,29)(H,28,30)/b26-13+. The lowest BCUT2D eigenvalue weighted by molar-refractivity contribution is -0.136. The number of methoxy groups -OCH3 is 1. The molecule has 0 heterocycles. The molecule has 0 fully saturated rings. The van der Waals surface area contributed by atoms with Crippen molar-refractivity contribution in [3.05, 3.63) is 87.9 Å². The van der Waals surface area contributed by atoms with Crippen LogP contribution < -0.4 is 20.2 Å². The van der Waals surface area contributed by atoms with Crippen LogP contribution in [0.1, 0.15) is 15.9 Å². The van der Waals surface area contributed by atoms with Gasteiger partial charge in [0.25, 0.3) is 0 Å². The van der Waals surface area contributed by atoms with Gasteiger partial charge in [0.15, 0.2) is 0 Å². The van der Waals surface area contributed by atoms with Gasteiger partial charge in [0.1, 0.15) is 11.5 Å². The van der Waals surface area contributed by atoms with Crippen LogP contribution in [0.15, 0.2) is 71.8 Å². The second kappa shape index (κ2) is 11.1. The Morgan fingerprint density at radius 3 is 2.42 bits per heavy atom. The minimum absolute atomic E-state index is 0.115. The molecule has 3 aromatic rings. The normalized spacial score (nSPS) is 10.5. The maximum absolute atomic E-state index is 12.3. The van der Waals surface area contributed by atoms with Crippen LogP contribution in [0, 0.1) is 0 Å². The molecule has 0 radical (unpaired) electrons. The lowest BCUT2D eigenvalue weighted by Gasteiger charge is -2.07. The van der Waals surface area contributed by atoms with Crippen molar-refractivity contribution in [1.82, 2.24) is 5.43 Å². The molecular weight excluding hydrogens is 469 g/mol. The molecule has 0 saturated carbocycles. The van der Waals surface area contributed by atoms with Crippen LogP contribution in [0.25, 0.3) is 0 Å². The third-order valence-corrected chi connectivity index (χ3v) is 4.98. The summed E-state index contributed by atoms with van der Waals surface area (Å²) in [5, 5.41) is 6.44. The van der Waals surface area contributed by atoms with E-state index in [1.165, 1.54) is 19.4 Å². The highest BCUT2D eigenvalue weighted by Gasteiger charge is 2.15. The number of anilines is 1. The van der Waals surface area contributed by atoms with Crippen LogP contribution in [0.2, 0.25) is 10.0 Å². The van der Waals surface area contributed by atoms with Gasteiger partial charge in [0.05, 0.1) is 34.6 Å². The highest BCUT2D eigenvalue weighted by atomic mass is 35.5. The van der Waals surface area contributed by atoms with Crippen LogP contribution >= 0.6 is 23.2 Å². The Labute approximate surface area is 199 Å². The molecule has 2 N–H and O–H groups in total. The number of benzene rings is 3. The molecule has 3 rings (SSSR count). The predicted octanol–water partition coefficient (Wildman–Crippen LogP) is 4.31. The summed E-state index contributed by atoms with van der Waals surface area (Å²) in [4.78, 5) is 36.3. The summed E-state index contributed by atoms with van der Waals surface area (Å²) < 4.78 is 10.5. The van der Waals surface area contributed by atoms with Gasteiger partial charge >= 0.3 is 17.8 Å². The van der Waals surface area contributed by atoms with E-state index in [1.807, 2.05) is 0 Å². The number of ether oxygens (including phenoxy) is 2. The Kier molecular flexibility index (Phi) is 8.01. The summed E-state index contributed by atoms with van der Waals surface area (Å²) in [5.41, 5.74) is 3.14. The second-order valence-corrected chi connectivity index (χ2v) is 7.23. The molecule has 3 aromatic carbocycles. The Balaban J connectivity index is 1.58. The molecule has 2 amide bonds. The van der Waals surface area contributed by atoms with E-state index in [9.17, 15) is 14.4 Å². The van der Waals surface area contributed by atoms with Gasteiger partial charge in [-0.2, -0.15) is 5.10 Å². The summed E-state index contributed by atoms with van der Waals surface area (Å²) in [5.74, 6) is -1.75. The van der Waals surface area contributed by atoms with Crippen molar-refractivity contribution in [2.24, 2.45) is 5.10 Å². The van der Waals surface area contributed by atoms with E-state index < -0.39 is 17.8 Å². The predicted molar refractivity (Wildman–Crippen MR) is 125 cm³/mol. The molecule has 0 aliphatic heterocycles. The highest BCUT2D eigenvalue weighted by molar-refractivity contribution is 6.45. The molecule has 8 nitrogen and oxygen atoms in total. The highest BCUT2D eigenvalue weighted by Crippen LogP contribution is 2.29. The average Bonchev–Trinajstić information content (AvgIpc) is 2.82. The van der Waals surface area contributed by atoms with Gasteiger partial charge in [-0.15, -0.1) is 0 Å². The fourth-order valence-electron chi connectivity index (χ4n) is 2.57. The van der Waals surface area contributed by atoms with Crippen LogP contribution in [0.5, 0.6) is 11.5 Å². The number of nitrogens with one attached hydrogen (secondary N) is 2. The minimum Gasteiger partial charge on any atom is -0.497 e. The number of nitrogens with zero attached hydrogens (tertiary/aromatic N) is 1. The van der Waals surface area contributed by atoms with Crippen LogP contribution in [0.3, 0.4) is 0 Å². The zero-order valence-electron chi connectivity index (χ0n) is 17.2. The molecule has 0 aliphatic rings. The first-order valence-electron chi connectivity index (χ1n) is 9.42. The molecule has 0 aromatic heterocycles. The maximum Gasteiger partial charge on any atom is 0.343 e. The van der Waals surface area contributed by atoms with Crippen LogP contribution in [0.4, 0.5) is 5.69 Å². The first kappa shape index (κ1) is 23.8. The smallest absolute Gasteiger partial charge is 0.343 e. The van der Waals surface area contributed by atoms with E-state index in [1.54, 1.807) is 60.7 Å². The number of carbonyl (C=O) groups is 3. The monoisotopic (exact) mass is 485 g/mol. The lowest BCUT2D eigenvalue weighted by atomic mass is 10.2. The number of rotatable bonds is 6. The quantitative estimate of drug-likeness (QED) is 0.178. The summed E-state index contributed by atoms with van der Waals surface area (Å²) in [6.45, 7) is 0. The number of halogens is 2. The van der Waals surface area contributed by atoms with Gasteiger partial charge < -0.3 is 14.8 Å². The third-order valence-electron chi connectivity index (χ3n) is 4.16. The van der Waals surface area contributed by atoms with E-state index in [2.05, 4.69) is 15.8 Å². The molecular formula is C23H17Cl2N3O5. The van der Waals surface area contributed by atoms with E-state index in [0.717, 1.165) is 0 Å². The van der Waals surface area contributed by atoms with Gasteiger partial charge in [0, 0.05) is 0 Å². The van der Waals surface area contributed by atoms with Crippen molar-refractivity contribution in [3.63, 3.8) is 0 Å². The minimum atomic E-state index is -1.01. The second-order valence-electron chi connectivity index (χ2n) is 6.45. The van der Waals surface area contributed by atoms with Gasteiger partial charge in [-0.05, 0) is 48.0 Å². The first-order chi connectivity index (χ1) is 15.9. The number of amides is 2. The first-order valence-corrected chi connectivity index (χ1v) is 10.2. The Bertz CT molecular complexity index is 1230. The molecule has 10 heteroatoms. The van der Waals surface area contributed by atoms with Gasteiger partial charge in [0.2, 0.25) is 0 Å². The fraction of sp³-hybridized carbons (Fsp3) is 0.0435. The van der Waals surface area contributed by atoms with E-state index in [-0.39, 0.29) is 21.5 Å². The molecule has 0 atom stereocenters. The van der Waals surface area contributed by atoms with E-state index >= 15 is 0 Å². The number of esters is 1. The van der Waals surface area contributed by atoms with Gasteiger partial charge in [-0.3, -0.25) is 9.59 Å². The van der Waals surface area contributed by atoms with Crippen molar-refractivity contribution in [1.29, 1.82) is 0 Å². The Morgan fingerprint density at radius 1 is 0.909 bits per heavy atom. The van der Waals surface area contributed by atoms with Crippen molar-refractivity contribution in [2.45, 2.75) is 0 Å². The molecule has 33 heavy (non-hydrogen) atoms. The zero-order valence-corrected chi connectivity index (χ0v) is 18.7. The summed E-state index contributed by atoms with van der Waals surface area (Å²) in [6, 6.07) is 17.6. The lowest BCUT2D eigenvalue weighted by Crippen LogP contribution is -2.32. The topological polar surface area (TPSA) is 106 Å². The number of hydrogen-bond donors (Lipinski definition) is 2. The van der Waals surface area contributed by atoms with Gasteiger partial charge in [-0.1, -0.05) is 47.5 Å². The fourth-order valence-corrected chi connectivity index (χ4v) is 2.92. The number of hydrazone groups is 1. The van der Waals surface area contributed by atoms with Crippen molar-refractivity contribution < 1.29 is 23.9 Å². The van der Waals surface area contributed by atoms with Crippen molar-refractivity contribution in [2.75, 3.05) is 12.4 Å². The SMILES string of the molecule is COc1cccc(C(=O)Oc2cccc(/C=N/NC(=O)C(=O)Nc3cccc(Cl)c3Cl)c2)c1. The van der Waals surface area contributed by atoms with Crippen LogP contribution in [-0.2, 0) is 9.59 Å². The number of hydrogen-bond acceptors (Lipinski definition) is 6. The van der Waals surface area contributed by atoms with Crippen molar-refractivity contribution >= 4 is 52.9 Å². The van der Waals surface area contributed by atoms with Crippen LogP contribution in [-0.4, -0.2) is 31.1 Å². The van der Waals surface area contributed by atoms with Crippen molar-refractivity contribution in [3.8, 4) is 11.5 Å². The van der Waals surface area contributed by atoms with E-state index in [0.29, 0.717) is 16.9 Å². The zero-order chi connectivity index (χ0) is 23.8. The summed E-state index contributed by atoms with van der Waals surface area (Å²) in [7, 11) is 1.50. The molecule has 168 valence electrons. The molecule has 0 bridgehead atoms.